The number of nitrogens with one attached hydrogen (secondary N) is 6. The Morgan fingerprint density at radius 1 is 0.574 bits per heavy atom. The van der Waals surface area contributed by atoms with Crippen LogP contribution in [0.15, 0.2) is 0 Å². The van der Waals surface area contributed by atoms with Gasteiger partial charge >= 0.3 is 23.9 Å². The Kier molecular flexibility index (Phi) is 23.0. The highest BCUT2D eigenvalue weighted by Gasteiger charge is 2.33. The molecule has 6 amide bonds. The number of aliphatic carboxylic acids is 4. The minimum Gasteiger partial charge on any atom is -0.481 e. The van der Waals surface area contributed by atoms with E-state index in [1.54, 1.807) is 13.8 Å². The molecule has 0 heterocycles. The van der Waals surface area contributed by atoms with Gasteiger partial charge in [-0.3, -0.25) is 43.2 Å². The molecule has 0 fully saturated rings. The van der Waals surface area contributed by atoms with E-state index < -0.39 is 141 Å². The summed E-state index contributed by atoms with van der Waals surface area (Å²) in [5, 5.41) is 59.7. The van der Waals surface area contributed by atoms with Crippen molar-refractivity contribution in [1.82, 2.24) is 31.9 Å². The Morgan fingerprint density at radius 3 is 1.46 bits per heavy atom. The summed E-state index contributed by atoms with van der Waals surface area (Å²) in [7, 11) is 0. The van der Waals surface area contributed by atoms with Crippen molar-refractivity contribution in [2.24, 2.45) is 17.4 Å². The Balaban J connectivity index is 6.02. The Labute approximate surface area is 309 Å². The third kappa shape index (κ3) is 20.6. The maximum atomic E-state index is 13.4. The van der Waals surface area contributed by atoms with Gasteiger partial charge in [-0.05, 0) is 44.6 Å². The zero-order valence-corrected chi connectivity index (χ0v) is 30.0. The molecule has 0 aromatic rings. The normalized spacial score (nSPS) is 14.2. The molecule has 0 aliphatic carbocycles. The highest BCUT2D eigenvalue weighted by Crippen LogP contribution is 2.08. The molecule has 0 aliphatic rings. The third-order valence-corrected chi connectivity index (χ3v) is 7.46. The molecule has 15 N–H and O–H groups in total. The van der Waals surface area contributed by atoms with E-state index in [1.165, 1.54) is 0 Å². The first-order chi connectivity index (χ1) is 25.2. The quantitative estimate of drug-likeness (QED) is 0.0332. The first-order valence-electron chi connectivity index (χ1n) is 16.9. The fraction of sp³-hybridized carbons (Fsp3) is 0.677. The minimum atomic E-state index is -1.87. The number of carbonyl (C=O) groups excluding carboxylic acids is 6. The first kappa shape index (κ1) is 48.6. The number of amides is 6. The molecule has 23 heteroatoms. The van der Waals surface area contributed by atoms with Gasteiger partial charge in [0.05, 0.1) is 25.6 Å². The summed E-state index contributed by atoms with van der Waals surface area (Å²) in [5.41, 5.74) is 11.2. The standard InChI is InChI=1S/C31H52N8O15/c1-15(2)11-20(31(53)54)38-30(52)21(14-40)39-28(50)18(7-9-24(44)45)36-27(49)17(6-8-23(42)43)37-29(51)19(12-25(46)47)35-22(41)13-34-26(48)16(33)5-3-4-10-32/h15-21,40H,3-14,32-33H2,1-2H3,(H,34,48)(H,35,41)(H,36,49)(H,37,51)(H,38,52)(H,39,50)(H,42,43)(H,44,45)(H,46,47)(H,53,54)/t16-,17-,18-,19-,20-,21-/m0/s1. The van der Waals surface area contributed by atoms with Crippen LogP contribution in [0.1, 0.15) is 71.6 Å². The van der Waals surface area contributed by atoms with Gasteiger partial charge in [-0.15, -0.1) is 0 Å². The van der Waals surface area contributed by atoms with Crippen LogP contribution in [0.2, 0.25) is 0 Å². The summed E-state index contributed by atoms with van der Waals surface area (Å²) >= 11 is 0. The van der Waals surface area contributed by atoms with Crippen LogP contribution in [0.4, 0.5) is 0 Å². The lowest BCUT2D eigenvalue weighted by molar-refractivity contribution is -0.143. The van der Waals surface area contributed by atoms with Gasteiger partial charge in [-0.2, -0.15) is 0 Å². The topological polar surface area (TPSA) is 396 Å². The average Bonchev–Trinajstić information content (AvgIpc) is 3.07. The molecule has 0 aromatic heterocycles. The van der Waals surface area contributed by atoms with Gasteiger partial charge in [-0.1, -0.05) is 20.3 Å². The number of hydrogen-bond donors (Lipinski definition) is 13. The van der Waals surface area contributed by atoms with Gasteiger partial charge in [-0.25, -0.2) is 4.79 Å². The van der Waals surface area contributed by atoms with Gasteiger partial charge in [0, 0.05) is 12.8 Å². The van der Waals surface area contributed by atoms with Crippen LogP contribution in [0.3, 0.4) is 0 Å². The fourth-order valence-corrected chi connectivity index (χ4v) is 4.62. The molecule has 0 saturated heterocycles. The van der Waals surface area contributed by atoms with E-state index in [2.05, 4.69) is 31.9 Å². The predicted octanol–water partition coefficient (Wildman–Crippen LogP) is -4.69. The van der Waals surface area contributed by atoms with Gasteiger partial charge in [0.25, 0.3) is 0 Å². The number of unbranched alkanes of at least 4 members (excludes halogenated alkanes) is 1. The van der Waals surface area contributed by atoms with Gasteiger partial charge in [0.15, 0.2) is 0 Å². The van der Waals surface area contributed by atoms with Crippen LogP contribution in [0, 0.1) is 5.92 Å². The molecule has 0 radical (unpaired) electrons. The molecule has 0 saturated carbocycles. The summed E-state index contributed by atoms with van der Waals surface area (Å²) in [5.74, 6) is -12.7. The number of carboxylic acid groups (broad SMARTS) is 4. The number of carboxylic acids is 4. The molecule has 0 rings (SSSR count). The third-order valence-electron chi connectivity index (χ3n) is 7.46. The van der Waals surface area contributed by atoms with E-state index in [4.69, 9.17) is 11.5 Å². The highest BCUT2D eigenvalue weighted by atomic mass is 16.4. The number of nitrogens with two attached hydrogens (primary N) is 2. The lowest BCUT2D eigenvalue weighted by Crippen LogP contribution is -2.59. The molecular formula is C31H52N8O15. The van der Waals surface area contributed by atoms with Crippen molar-refractivity contribution < 1.29 is 73.5 Å². The number of aliphatic hydroxyl groups excluding tert-OH is 1. The molecule has 0 aliphatic heterocycles. The molecule has 0 spiro atoms. The van der Waals surface area contributed by atoms with Crippen molar-refractivity contribution in [2.75, 3.05) is 19.7 Å². The Hall–Kier alpha value is -5.42. The summed E-state index contributed by atoms with van der Waals surface area (Å²) in [4.78, 5) is 123. The second-order valence-electron chi connectivity index (χ2n) is 12.6. The molecule has 306 valence electrons. The summed E-state index contributed by atoms with van der Waals surface area (Å²) in [6.07, 6.45) is -2.42. The van der Waals surface area contributed by atoms with Crippen molar-refractivity contribution in [3.63, 3.8) is 0 Å². The summed E-state index contributed by atoms with van der Waals surface area (Å²) < 4.78 is 0. The lowest BCUT2D eigenvalue weighted by atomic mass is 10.0. The zero-order chi connectivity index (χ0) is 41.5. The molecular weight excluding hydrogens is 724 g/mol. The number of hydrogen-bond acceptors (Lipinski definition) is 13. The van der Waals surface area contributed by atoms with Crippen LogP contribution in [-0.4, -0.2) is 141 Å². The molecule has 0 aromatic carbocycles. The maximum Gasteiger partial charge on any atom is 0.326 e. The SMILES string of the molecule is CC(C)C[C@H](NC(=O)[C@H](CO)NC(=O)[C@H](CCC(=O)O)NC(=O)[C@H](CCC(=O)O)NC(=O)[C@H](CC(=O)O)NC(=O)CNC(=O)[C@@H](N)CCCCN)C(=O)O. The summed E-state index contributed by atoms with van der Waals surface area (Å²) in [6, 6.07) is -9.63. The maximum absolute atomic E-state index is 13.4. The van der Waals surface area contributed by atoms with Gasteiger partial charge < -0.3 is 68.9 Å². The lowest BCUT2D eigenvalue weighted by Gasteiger charge is -2.26. The van der Waals surface area contributed by atoms with E-state index in [9.17, 15) is 73.5 Å². The van der Waals surface area contributed by atoms with Crippen molar-refractivity contribution in [2.45, 2.75) is 108 Å². The Morgan fingerprint density at radius 2 is 1.04 bits per heavy atom. The Bertz CT molecular complexity index is 1350. The van der Waals surface area contributed by atoms with Crippen molar-refractivity contribution in [3.8, 4) is 0 Å². The van der Waals surface area contributed by atoms with Crippen molar-refractivity contribution >= 4 is 59.3 Å². The van der Waals surface area contributed by atoms with Crippen molar-refractivity contribution in [3.05, 3.63) is 0 Å². The number of rotatable bonds is 28. The van der Waals surface area contributed by atoms with Crippen LogP contribution in [0.5, 0.6) is 0 Å². The molecule has 6 atom stereocenters. The minimum absolute atomic E-state index is 0.00778. The van der Waals surface area contributed by atoms with E-state index in [0.717, 1.165) is 0 Å². The number of aliphatic hydroxyl groups is 1. The second kappa shape index (κ2) is 25.5. The molecule has 0 unspecified atom stereocenters. The van der Waals surface area contributed by atoms with Crippen LogP contribution in [-0.2, 0) is 47.9 Å². The molecule has 23 nitrogen and oxygen atoms in total. The summed E-state index contributed by atoms with van der Waals surface area (Å²) in [6.45, 7) is 1.97. The monoisotopic (exact) mass is 776 g/mol. The van der Waals surface area contributed by atoms with Crippen LogP contribution >= 0.6 is 0 Å². The number of carbonyl (C=O) groups is 10. The molecule has 54 heavy (non-hydrogen) atoms. The highest BCUT2D eigenvalue weighted by molar-refractivity contribution is 5.97. The average molecular weight is 777 g/mol. The van der Waals surface area contributed by atoms with E-state index in [-0.39, 0.29) is 18.8 Å². The zero-order valence-electron chi connectivity index (χ0n) is 30.0. The van der Waals surface area contributed by atoms with Gasteiger partial charge in [0.1, 0.15) is 30.2 Å². The van der Waals surface area contributed by atoms with Crippen LogP contribution in [0.25, 0.3) is 0 Å². The van der Waals surface area contributed by atoms with Crippen molar-refractivity contribution in [1.29, 1.82) is 0 Å². The van der Waals surface area contributed by atoms with E-state index >= 15 is 0 Å². The van der Waals surface area contributed by atoms with Crippen LogP contribution < -0.4 is 43.4 Å². The smallest absolute Gasteiger partial charge is 0.326 e. The van der Waals surface area contributed by atoms with Gasteiger partial charge in [0.2, 0.25) is 35.4 Å². The largest absolute Gasteiger partial charge is 0.481 e. The fourth-order valence-electron chi connectivity index (χ4n) is 4.62. The first-order valence-corrected chi connectivity index (χ1v) is 16.9. The van der Waals surface area contributed by atoms with E-state index in [0.29, 0.717) is 19.4 Å². The van der Waals surface area contributed by atoms with E-state index in [1.807, 2.05) is 0 Å². The molecule has 0 bridgehead atoms. The second-order valence-corrected chi connectivity index (χ2v) is 12.6. The predicted molar refractivity (Wildman–Crippen MR) is 184 cm³/mol.